The Labute approximate surface area is 144 Å². The van der Waals surface area contributed by atoms with E-state index < -0.39 is 5.91 Å². The first-order valence-electron chi connectivity index (χ1n) is 6.98. The number of nitrogen functional groups attached to an aromatic ring is 1. The molecule has 0 aliphatic heterocycles. The van der Waals surface area contributed by atoms with Crippen LogP contribution in [0.3, 0.4) is 0 Å². The summed E-state index contributed by atoms with van der Waals surface area (Å²) < 4.78 is 10.1. The van der Waals surface area contributed by atoms with E-state index in [2.05, 4.69) is 5.32 Å². The molecule has 1 amide bonds. The number of nitrogens with zero attached hydrogens (tertiary/aromatic N) is 1. The van der Waals surface area contributed by atoms with Gasteiger partial charge in [0.05, 0.1) is 30.4 Å². The molecule has 3 N–H and O–H groups in total. The van der Waals surface area contributed by atoms with E-state index in [4.69, 9.17) is 32.1 Å². The fourth-order valence-corrected chi connectivity index (χ4v) is 2.43. The lowest BCUT2D eigenvalue weighted by atomic mass is 10.1. The van der Waals surface area contributed by atoms with Crippen molar-refractivity contribution in [2.45, 2.75) is 6.54 Å². The fourth-order valence-electron chi connectivity index (χ4n) is 2.15. The number of nitrogens with two attached hydrogens (primary N) is 1. The van der Waals surface area contributed by atoms with Crippen LogP contribution in [0, 0.1) is 11.3 Å². The minimum absolute atomic E-state index is 0.215. The minimum Gasteiger partial charge on any atom is -0.495 e. The standard InChI is InChI=1S/C17H16ClN3O3/c1-23-15-4-3-10(5-13(15)18)9-21-17(22)12-6-11(8-19)16(24-2)7-14(12)20/h3-7H,9,20H2,1-2H3,(H,21,22). The summed E-state index contributed by atoms with van der Waals surface area (Å²) in [6.45, 7) is 0.260. The van der Waals surface area contributed by atoms with Crippen LogP contribution in [0.2, 0.25) is 5.02 Å². The Morgan fingerprint density at radius 3 is 2.54 bits per heavy atom. The van der Waals surface area contributed by atoms with E-state index in [0.29, 0.717) is 16.5 Å². The lowest BCUT2D eigenvalue weighted by Crippen LogP contribution is -2.24. The van der Waals surface area contributed by atoms with Gasteiger partial charge in [-0.15, -0.1) is 0 Å². The molecule has 0 unspecified atom stereocenters. The molecule has 0 fully saturated rings. The quantitative estimate of drug-likeness (QED) is 0.812. The summed E-state index contributed by atoms with van der Waals surface area (Å²) in [6, 6.07) is 10.1. The number of benzene rings is 2. The maximum Gasteiger partial charge on any atom is 0.253 e. The number of halogens is 1. The fraction of sp³-hybridized carbons (Fsp3) is 0.176. The van der Waals surface area contributed by atoms with Gasteiger partial charge in [-0.2, -0.15) is 5.26 Å². The molecule has 2 aromatic rings. The number of rotatable bonds is 5. The molecule has 0 aliphatic carbocycles. The highest BCUT2D eigenvalue weighted by atomic mass is 35.5. The predicted molar refractivity (Wildman–Crippen MR) is 91.3 cm³/mol. The molecule has 0 heterocycles. The van der Waals surface area contributed by atoms with Gasteiger partial charge < -0.3 is 20.5 Å². The van der Waals surface area contributed by atoms with Crippen molar-refractivity contribution in [2.75, 3.05) is 20.0 Å². The summed E-state index contributed by atoms with van der Waals surface area (Å²) in [5, 5.41) is 12.3. The molecular formula is C17H16ClN3O3. The molecule has 0 aromatic heterocycles. The number of ether oxygens (including phenoxy) is 2. The third-order valence-electron chi connectivity index (χ3n) is 3.41. The average molecular weight is 346 g/mol. The number of carbonyl (C=O) groups is 1. The Morgan fingerprint density at radius 2 is 1.96 bits per heavy atom. The number of carbonyl (C=O) groups excluding carboxylic acids is 1. The van der Waals surface area contributed by atoms with Gasteiger partial charge in [-0.1, -0.05) is 17.7 Å². The largest absolute Gasteiger partial charge is 0.495 e. The zero-order chi connectivity index (χ0) is 17.7. The Morgan fingerprint density at radius 1 is 1.25 bits per heavy atom. The van der Waals surface area contributed by atoms with Gasteiger partial charge in [-0.3, -0.25) is 4.79 Å². The van der Waals surface area contributed by atoms with Crippen molar-refractivity contribution >= 4 is 23.2 Å². The van der Waals surface area contributed by atoms with Gasteiger partial charge >= 0.3 is 0 Å². The van der Waals surface area contributed by atoms with Gasteiger partial charge in [-0.25, -0.2) is 0 Å². The maximum atomic E-state index is 12.3. The number of hydrogen-bond acceptors (Lipinski definition) is 5. The van der Waals surface area contributed by atoms with Gasteiger partial charge in [0.1, 0.15) is 17.6 Å². The van der Waals surface area contributed by atoms with E-state index in [1.165, 1.54) is 26.4 Å². The Balaban J connectivity index is 2.16. The molecule has 0 saturated heterocycles. The molecule has 0 saturated carbocycles. The van der Waals surface area contributed by atoms with Crippen molar-refractivity contribution in [1.29, 1.82) is 5.26 Å². The highest BCUT2D eigenvalue weighted by molar-refractivity contribution is 6.32. The number of methoxy groups -OCH3 is 2. The van der Waals surface area contributed by atoms with Gasteiger partial charge in [-0.05, 0) is 23.8 Å². The molecule has 0 aliphatic rings. The SMILES string of the molecule is COc1ccc(CNC(=O)c2cc(C#N)c(OC)cc2N)cc1Cl. The molecule has 124 valence electrons. The van der Waals surface area contributed by atoms with Crippen LogP contribution in [0.1, 0.15) is 21.5 Å². The summed E-state index contributed by atoms with van der Waals surface area (Å²) in [5.41, 5.74) is 7.36. The monoisotopic (exact) mass is 345 g/mol. The molecule has 24 heavy (non-hydrogen) atoms. The molecule has 0 bridgehead atoms. The molecule has 7 heteroatoms. The van der Waals surface area contributed by atoms with E-state index in [1.807, 2.05) is 6.07 Å². The highest BCUT2D eigenvalue weighted by Gasteiger charge is 2.14. The van der Waals surface area contributed by atoms with Crippen LogP contribution in [0.5, 0.6) is 11.5 Å². The third kappa shape index (κ3) is 3.70. The zero-order valence-electron chi connectivity index (χ0n) is 13.2. The first-order chi connectivity index (χ1) is 11.5. The second-order valence-electron chi connectivity index (χ2n) is 4.90. The van der Waals surface area contributed by atoms with Crippen molar-refractivity contribution in [1.82, 2.24) is 5.32 Å². The predicted octanol–water partition coefficient (Wildman–Crippen LogP) is 2.74. The number of nitrogens with one attached hydrogen (secondary N) is 1. The average Bonchev–Trinajstić information content (AvgIpc) is 2.59. The maximum absolute atomic E-state index is 12.3. The van der Waals surface area contributed by atoms with Crippen LogP contribution in [-0.4, -0.2) is 20.1 Å². The molecule has 2 aromatic carbocycles. The molecular weight excluding hydrogens is 330 g/mol. The smallest absolute Gasteiger partial charge is 0.253 e. The van der Waals surface area contributed by atoms with Crippen molar-refractivity contribution in [3.63, 3.8) is 0 Å². The van der Waals surface area contributed by atoms with Crippen LogP contribution in [0.25, 0.3) is 0 Å². The van der Waals surface area contributed by atoms with Crippen molar-refractivity contribution < 1.29 is 14.3 Å². The van der Waals surface area contributed by atoms with Gasteiger partial charge in [0.25, 0.3) is 5.91 Å². The Bertz CT molecular complexity index is 815. The van der Waals surface area contributed by atoms with Crippen LogP contribution < -0.4 is 20.5 Å². The van der Waals surface area contributed by atoms with E-state index in [-0.39, 0.29) is 23.4 Å². The molecule has 0 spiro atoms. The Hall–Kier alpha value is -2.91. The van der Waals surface area contributed by atoms with Gasteiger partial charge in [0.2, 0.25) is 0 Å². The third-order valence-corrected chi connectivity index (χ3v) is 3.70. The van der Waals surface area contributed by atoms with E-state index in [9.17, 15) is 4.79 Å². The summed E-state index contributed by atoms with van der Waals surface area (Å²) >= 11 is 6.05. The number of hydrogen-bond donors (Lipinski definition) is 2. The van der Waals surface area contributed by atoms with E-state index >= 15 is 0 Å². The highest BCUT2D eigenvalue weighted by Crippen LogP contribution is 2.26. The number of amides is 1. The summed E-state index contributed by atoms with van der Waals surface area (Å²) in [4.78, 5) is 12.3. The normalized spacial score (nSPS) is 9.92. The summed E-state index contributed by atoms with van der Waals surface area (Å²) in [7, 11) is 2.96. The first-order valence-corrected chi connectivity index (χ1v) is 7.36. The molecule has 2 rings (SSSR count). The Kier molecular flexibility index (Phi) is 5.51. The lowest BCUT2D eigenvalue weighted by Gasteiger charge is -2.11. The van der Waals surface area contributed by atoms with Crippen molar-refractivity contribution in [3.8, 4) is 17.6 Å². The van der Waals surface area contributed by atoms with Crippen LogP contribution in [-0.2, 0) is 6.54 Å². The molecule has 0 atom stereocenters. The minimum atomic E-state index is -0.390. The molecule has 6 nitrogen and oxygen atoms in total. The van der Waals surface area contributed by atoms with Crippen LogP contribution in [0.15, 0.2) is 30.3 Å². The number of nitriles is 1. The van der Waals surface area contributed by atoms with E-state index in [1.54, 1.807) is 18.2 Å². The topological polar surface area (TPSA) is 97.4 Å². The van der Waals surface area contributed by atoms with Gasteiger partial charge in [0, 0.05) is 18.3 Å². The first kappa shape index (κ1) is 17.4. The second kappa shape index (κ2) is 7.57. The zero-order valence-corrected chi connectivity index (χ0v) is 14.0. The van der Waals surface area contributed by atoms with Crippen molar-refractivity contribution in [3.05, 3.63) is 52.0 Å². The second-order valence-corrected chi connectivity index (χ2v) is 5.31. The summed E-state index contributed by atoms with van der Waals surface area (Å²) in [5.74, 6) is 0.497. The number of anilines is 1. The van der Waals surface area contributed by atoms with E-state index in [0.717, 1.165) is 5.56 Å². The van der Waals surface area contributed by atoms with Gasteiger partial charge in [0.15, 0.2) is 0 Å². The molecule has 0 radical (unpaired) electrons. The lowest BCUT2D eigenvalue weighted by molar-refractivity contribution is 0.0951. The summed E-state index contributed by atoms with van der Waals surface area (Å²) in [6.07, 6.45) is 0. The van der Waals surface area contributed by atoms with Crippen molar-refractivity contribution in [2.24, 2.45) is 0 Å². The van der Waals surface area contributed by atoms with Crippen LogP contribution in [0.4, 0.5) is 5.69 Å². The van der Waals surface area contributed by atoms with Crippen LogP contribution >= 0.6 is 11.6 Å².